The molecule has 0 amide bonds. The van der Waals surface area contributed by atoms with Crippen LogP contribution in [0.3, 0.4) is 0 Å². The minimum atomic E-state index is -4.40. The number of hydrogen-bond donors (Lipinski definition) is 4. The van der Waals surface area contributed by atoms with Crippen LogP contribution in [-0.4, -0.2) is 65.9 Å². The van der Waals surface area contributed by atoms with Gasteiger partial charge in [0, 0.05) is 6.54 Å². The number of carboxylic acid groups (broad SMARTS) is 1. The average Bonchev–Trinajstić information content (AvgIpc) is 2.46. The number of carbonyl (C=O) groups excluding carboxylic acids is 1. The van der Waals surface area contributed by atoms with Crippen molar-refractivity contribution in [3.63, 3.8) is 0 Å². The van der Waals surface area contributed by atoms with Gasteiger partial charge in [-0.15, -0.1) is 0 Å². The van der Waals surface area contributed by atoms with E-state index >= 15 is 0 Å². The van der Waals surface area contributed by atoms with Gasteiger partial charge in [-0.1, -0.05) is 0 Å². The number of rotatable bonds is 10. The first kappa shape index (κ1) is 21.3. The van der Waals surface area contributed by atoms with Crippen LogP contribution in [0.25, 0.3) is 0 Å². The second-order valence-corrected chi connectivity index (χ2v) is 4.07. The van der Waals surface area contributed by atoms with Crippen molar-refractivity contribution in [2.24, 2.45) is 0 Å². The molecule has 0 aromatic carbocycles. The van der Waals surface area contributed by atoms with Crippen LogP contribution < -0.4 is 5.32 Å². The number of hydrogen-bond acceptors (Lipinski definition) is 7. The maximum Gasteiger partial charge on any atom is 0.391 e. The van der Waals surface area contributed by atoms with Crippen LogP contribution in [0.15, 0.2) is 11.4 Å². The first-order valence-corrected chi connectivity index (χ1v) is 6.20. The van der Waals surface area contributed by atoms with Gasteiger partial charge in [0.25, 0.3) is 4.92 Å². The van der Waals surface area contributed by atoms with E-state index in [-0.39, 0.29) is 13.2 Å². The fourth-order valence-corrected chi connectivity index (χ4v) is 1.31. The highest BCUT2D eigenvalue weighted by Crippen LogP contribution is 2.18. The molecule has 0 spiro atoms. The molecule has 0 aliphatic carbocycles. The van der Waals surface area contributed by atoms with E-state index in [0.29, 0.717) is 0 Å². The van der Waals surface area contributed by atoms with Crippen molar-refractivity contribution in [1.29, 1.82) is 5.41 Å². The summed E-state index contributed by atoms with van der Waals surface area (Å²) in [6.07, 6.45) is -5.60. The molecule has 0 radical (unpaired) electrons. The zero-order chi connectivity index (χ0) is 18.9. The van der Waals surface area contributed by atoms with Gasteiger partial charge in [0.15, 0.2) is 0 Å². The van der Waals surface area contributed by atoms with E-state index in [1.807, 2.05) is 0 Å². The smallest absolute Gasteiger partial charge is 0.391 e. The number of nitrogens with one attached hydrogen (secondary N) is 2. The van der Waals surface area contributed by atoms with Crippen molar-refractivity contribution in [2.75, 3.05) is 26.9 Å². The van der Waals surface area contributed by atoms with Gasteiger partial charge in [0.05, 0.1) is 31.7 Å². The van der Waals surface area contributed by atoms with E-state index in [9.17, 15) is 27.7 Å². The molecule has 13 heteroatoms. The predicted octanol–water partition coefficient (Wildman–Crippen LogP) is 0.202. The van der Waals surface area contributed by atoms with Crippen molar-refractivity contribution >= 4 is 17.7 Å². The lowest BCUT2D eigenvalue weighted by atomic mass is 10.2. The Balaban J connectivity index is 4.92. The number of ether oxygens (including phenoxy) is 2. The third-order valence-corrected chi connectivity index (χ3v) is 2.35. The third kappa shape index (κ3) is 7.53. The van der Waals surface area contributed by atoms with Crippen LogP contribution in [0.1, 0.15) is 6.42 Å². The second kappa shape index (κ2) is 9.44. The Kier molecular flexibility index (Phi) is 8.38. The SMILES string of the molecule is COC(=O)C(=N)/C(=C(\NCCOCCC(F)(F)F)C(=O)O)[N+](=O)O. The average molecular weight is 358 g/mol. The zero-order valence-electron chi connectivity index (χ0n) is 12.3. The topological polar surface area (TPSA) is 149 Å². The van der Waals surface area contributed by atoms with Gasteiger partial charge in [-0.25, -0.2) is 14.8 Å². The highest BCUT2D eigenvalue weighted by molar-refractivity contribution is 6.41. The number of esters is 1. The summed E-state index contributed by atoms with van der Waals surface area (Å²) in [7, 11) is 0.864. The first-order chi connectivity index (χ1) is 11.0. The summed E-state index contributed by atoms with van der Waals surface area (Å²) in [5.74, 6) is -3.19. The Bertz CT molecular complexity index is 545. The largest absolute Gasteiger partial charge is 0.476 e. The quantitative estimate of drug-likeness (QED) is 0.142. The van der Waals surface area contributed by atoms with E-state index in [4.69, 9.17) is 15.7 Å². The summed E-state index contributed by atoms with van der Waals surface area (Å²) in [5, 5.41) is 27.3. The van der Waals surface area contributed by atoms with Gasteiger partial charge in [0.2, 0.25) is 11.4 Å². The van der Waals surface area contributed by atoms with E-state index in [1.165, 1.54) is 0 Å². The lowest BCUT2D eigenvalue weighted by Crippen LogP contribution is -2.33. The maximum atomic E-state index is 11.9. The molecule has 0 heterocycles. The predicted molar refractivity (Wildman–Crippen MR) is 69.3 cm³/mol. The van der Waals surface area contributed by atoms with E-state index < -0.39 is 53.2 Å². The summed E-state index contributed by atoms with van der Waals surface area (Å²) in [5.41, 5.74) is -3.50. The highest BCUT2D eigenvalue weighted by atomic mass is 19.4. The van der Waals surface area contributed by atoms with Crippen molar-refractivity contribution in [3.8, 4) is 0 Å². The van der Waals surface area contributed by atoms with Crippen molar-refractivity contribution in [2.45, 2.75) is 12.6 Å². The summed E-state index contributed by atoms with van der Waals surface area (Å²) in [6.45, 7) is -1.39. The first-order valence-electron chi connectivity index (χ1n) is 6.20. The molecule has 24 heavy (non-hydrogen) atoms. The molecule has 0 aliphatic rings. The number of methoxy groups -OCH3 is 1. The number of carbonyl (C=O) groups is 2. The molecule has 0 fully saturated rings. The van der Waals surface area contributed by atoms with Crippen LogP contribution >= 0.6 is 0 Å². The minimum absolute atomic E-state index is 0.365. The molecule has 0 aromatic heterocycles. The zero-order valence-corrected chi connectivity index (χ0v) is 12.3. The number of nitrogens with zero attached hydrogens (tertiary/aromatic N) is 1. The lowest BCUT2D eigenvalue weighted by molar-refractivity contribution is -0.750. The van der Waals surface area contributed by atoms with Gasteiger partial charge in [-0.3, -0.25) is 5.41 Å². The Morgan fingerprint density at radius 2 is 1.88 bits per heavy atom. The van der Waals surface area contributed by atoms with Crippen molar-refractivity contribution in [1.82, 2.24) is 5.32 Å². The molecule has 0 unspecified atom stereocenters. The van der Waals surface area contributed by atoms with E-state index in [2.05, 4.69) is 14.8 Å². The van der Waals surface area contributed by atoms with Crippen molar-refractivity contribution in [3.05, 3.63) is 16.3 Å². The molecule has 4 N–H and O–H groups in total. The molecule has 0 saturated carbocycles. The number of halogens is 3. The van der Waals surface area contributed by atoms with Crippen LogP contribution in [0.2, 0.25) is 0 Å². The summed E-state index contributed by atoms with van der Waals surface area (Å²) in [4.78, 5) is 32.3. The van der Waals surface area contributed by atoms with Crippen LogP contribution in [0.5, 0.6) is 0 Å². The van der Waals surface area contributed by atoms with Gasteiger partial charge in [-0.2, -0.15) is 13.2 Å². The molecule has 0 aromatic rings. The Morgan fingerprint density at radius 1 is 1.29 bits per heavy atom. The monoisotopic (exact) mass is 358 g/mol. The van der Waals surface area contributed by atoms with Crippen molar-refractivity contribution < 1.29 is 47.5 Å². The molecular formula is C11H15F3N3O7+. The number of alkyl halides is 3. The lowest BCUT2D eigenvalue weighted by Gasteiger charge is -2.09. The Labute approximate surface area is 132 Å². The third-order valence-electron chi connectivity index (χ3n) is 2.35. The van der Waals surface area contributed by atoms with Gasteiger partial charge in [-0.05, 0) is 0 Å². The molecule has 10 nitrogen and oxygen atoms in total. The highest BCUT2D eigenvalue weighted by Gasteiger charge is 2.37. The molecule has 136 valence electrons. The minimum Gasteiger partial charge on any atom is -0.476 e. The van der Waals surface area contributed by atoms with Gasteiger partial charge in [0.1, 0.15) is 0 Å². The Morgan fingerprint density at radius 3 is 2.29 bits per heavy atom. The molecule has 0 atom stereocenters. The molecule has 0 rings (SSSR count). The Hall–Kier alpha value is -2.70. The molecule has 0 bridgehead atoms. The van der Waals surface area contributed by atoms with Crippen LogP contribution in [0.4, 0.5) is 13.2 Å². The fourth-order valence-electron chi connectivity index (χ4n) is 1.31. The maximum absolute atomic E-state index is 11.9. The van der Waals surface area contributed by atoms with Gasteiger partial charge < -0.3 is 19.9 Å². The van der Waals surface area contributed by atoms with Crippen LogP contribution in [0, 0.1) is 10.3 Å². The van der Waals surface area contributed by atoms with E-state index in [1.54, 1.807) is 0 Å². The standard InChI is InChI=1S/C11H14F3N3O7/c1-23-10(20)6(15)8(17(21)22)7(9(18)19)16-3-5-24-4-2-11(12,13)14/h2-5H2,1H3,(H3-,15,16,18,19,21,22)/p+1. The van der Waals surface area contributed by atoms with Crippen LogP contribution in [-0.2, 0) is 19.1 Å². The second-order valence-electron chi connectivity index (χ2n) is 4.07. The summed E-state index contributed by atoms with van der Waals surface area (Å²) in [6, 6.07) is 0. The molecular weight excluding hydrogens is 343 g/mol. The number of aliphatic carboxylic acids is 1. The van der Waals surface area contributed by atoms with Gasteiger partial charge >= 0.3 is 23.8 Å². The summed E-state index contributed by atoms with van der Waals surface area (Å²) < 4.78 is 44.4. The normalized spacial score (nSPS) is 12.2. The number of carboxylic acids is 1. The molecule has 0 aliphatic heterocycles. The molecule has 0 saturated heterocycles. The summed E-state index contributed by atoms with van der Waals surface area (Å²) >= 11 is 0. The fraction of sp³-hybridized carbons (Fsp3) is 0.545. The van der Waals surface area contributed by atoms with E-state index in [0.717, 1.165) is 7.11 Å².